The van der Waals surface area contributed by atoms with Crippen molar-refractivity contribution < 1.29 is 39.8 Å². The van der Waals surface area contributed by atoms with Crippen molar-refractivity contribution in [2.75, 3.05) is 13.2 Å². The lowest BCUT2D eigenvalue weighted by Crippen LogP contribution is -2.60. The predicted octanol–water partition coefficient (Wildman–Crippen LogP) is 12.8. The number of carbonyl (C=O) groups excluding carboxylic acids is 1. The average Bonchev–Trinajstić information content (AvgIpc) is 3.29. The number of unbranched alkanes of at least 4 members (excludes halogenated alkanes) is 32. The zero-order valence-electron chi connectivity index (χ0n) is 41.5. The number of hydrogen-bond acceptors (Lipinski definition) is 8. The van der Waals surface area contributed by atoms with Crippen molar-refractivity contribution in [3.63, 3.8) is 0 Å². The quantitative estimate of drug-likeness (QED) is 0.0261. The largest absolute Gasteiger partial charge is 0.394 e. The smallest absolute Gasteiger partial charge is 0.220 e. The van der Waals surface area contributed by atoms with E-state index in [2.05, 4.69) is 43.5 Å². The van der Waals surface area contributed by atoms with Crippen molar-refractivity contribution in [3.8, 4) is 0 Å². The van der Waals surface area contributed by atoms with Crippen LogP contribution in [0.2, 0.25) is 0 Å². The second-order valence-corrected chi connectivity index (χ2v) is 19.0. The minimum atomic E-state index is -1.57. The van der Waals surface area contributed by atoms with Gasteiger partial charge in [0.05, 0.1) is 25.4 Å². The van der Waals surface area contributed by atoms with Gasteiger partial charge in [0.15, 0.2) is 6.29 Å². The number of aliphatic hydroxyl groups excluding tert-OH is 5. The maximum atomic E-state index is 13.0. The molecule has 0 spiro atoms. The van der Waals surface area contributed by atoms with Crippen LogP contribution in [0.4, 0.5) is 0 Å². The lowest BCUT2D eigenvalue weighted by molar-refractivity contribution is -0.302. The number of nitrogens with one attached hydrogen (secondary N) is 1. The number of ether oxygens (including phenoxy) is 2. The Kier molecular flexibility index (Phi) is 42.7. The van der Waals surface area contributed by atoms with Crippen LogP contribution in [-0.4, -0.2) is 87.5 Å². The van der Waals surface area contributed by atoms with Gasteiger partial charge in [-0.05, 0) is 51.4 Å². The fraction of sp³-hybridized carbons (Fsp3) is 0.873. The molecule has 1 aliphatic rings. The van der Waals surface area contributed by atoms with Crippen LogP contribution >= 0.6 is 0 Å². The van der Waals surface area contributed by atoms with Gasteiger partial charge in [0.2, 0.25) is 5.91 Å². The third-order valence-electron chi connectivity index (χ3n) is 13.0. The number of carbonyl (C=O) groups is 1. The van der Waals surface area contributed by atoms with E-state index in [0.29, 0.717) is 6.42 Å². The normalized spacial score (nSPS) is 20.3. The second kappa shape index (κ2) is 45.2. The first-order valence-electron chi connectivity index (χ1n) is 27.2. The predicted molar refractivity (Wildman–Crippen MR) is 267 cm³/mol. The summed E-state index contributed by atoms with van der Waals surface area (Å²) in [4.78, 5) is 13.0. The van der Waals surface area contributed by atoms with Gasteiger partial charge in [-0.15, -0.1) is 0 Å². The number of allylic oxidation sites excluding steroid dienone is 5. The van der Waals surface area contributed by atoms with Crippen molar-refractivity contribution in [1.82, 2.24) is 5.32 Å². The minimum Gasteiger partial charge on any atom is -0.394 e. The Hall–Kier alpha value is -1.59. The van der Waals surface area contributed by atoms with Crippen LogP contribution in [0.1, 0.15) is 251 Å². The Morgan fingerprint density at radius 2 is 0.922 bits per heavy atom. The van der Waals surface area contributed by atoms with E-state index in [1.54, 1.807) is 6.08 Å². The fourth-order valence-electron chi connectivity index (χ4n) is 8.60. The second-order valence-electron chi connectivity index (χ2n) is 19.0. The first kappa shape index (κ1) is 60.4. The van der Waals surface area contributed by atoms with E-state index in [1.807, 2.05) is 6.08 Å². The summed E-state index contributed by atoms with van der Waals surface area (Å²) >= 11 is 0. The van der Waals surface area contributed by atoms with Crippen LogP contribution in [0, 0.1) is 0 Å². The molecule has 0 radical (unpaired) electrons. The standard InChI is InChI=1S/C55H103NO8/c1-3-5-7-9-11-13-15-17-19-20-21-22-23-24-25-26-27-28-29-31-32-34-36-38-40-42-44-49(58)48(47-63-55-54(62)53(61)52(60)50(46-57)64-55)56-51(59)45-43-41-39-37-35-33-30-18-16-14-12-10-8-6-4-2/h12,14,18,30,42,44,48-50,52-55,57-58,60-62H,3-11,13,15-17,19-29,31-41,43,45-47H2,1-2H3,(H,56,59)/b14-12-,30-18-,44-42+. The molecule has 0 aliphatic carbocycles. The van der Waals surface area contributed by atoms with Crippen LogP contribution in [0.15, 0.2) is 36.5 Å². The summed E-state index contributed by atoms with van der Waals surface area (Å²) in [6, 6.07) is -0.812. The molecule has 7 atom stereocenters. The van der Waals surface area contributed by atoms with Crippen LogP contribution in [0.3, 0.4) is 0 Å². The maximum Gasteiger partial charge on any atom is 0.220 e. The Bertz CT molecular complexity index is 1100. The minimum absolute atomic E-state index is 0.189. The molecule has 7 unspecified atom stereocenters. The molecular formula is C55H103NO8. The van der Waals surface area contributed by atoms with Crippen LogP contribution in [0.25, 0.3) is 0 Å². The van der Waals surface area contributed by atoms with E-state index in [9.17, 15) is 30.3 Å². The Labute approximate surface area is 393 Å². The topological polar surface area (TPSA) is 149 Å². The van der Waals surface area contributed by atoms with Gasteiger partial charge in [-0.3, -0.25) is 4.79 Å². The Morgan fingerprint density at radius 1 is 0.531 bits per heavy atom. The van der Waals surface area contributed by atoms with Gasteiger partial charge in [-0.25, -0.2) is 0 Å². The molecule has 1 fully saturated rings. The lowest BCUT2D eigenvalue weighted by atomic mass is 9.99. The van der Waals surface area contributed by atoms with E-state index in [1.165, 1.54) is 167 Å². The maximum absolute atomic E-state index is 13.0. The number of amides is 1. The fourth-order valence-corrected chi connectivity index (χ4v) is 8.60. The van der Waals surface area contributed by atoms with Crippen molar-refractivity contribution in [3.05, 3.63) is 36.5 Å². The highest BCUT2D eigenvalue weighted by atomic mass is 16.7. The summed E-state index contributed by atoms with van der Waals surface area (Å²) in [5.41, 5.74) is 0. The first-order valence-corrected chi connectivity index (χ1v) is 27.2. The molecule has 9 nitrogen and oxygen atoms in total. The summed E-state index contributed by atoms with van der Waals surface area (Å²) in [6.45, 7) is 3.76. The molecular weight excluding hydrogens is 803 g/mol. The number of rotatable bonds is 46. The van der Waals surface area contributed by atoms with Gasteiger partial charge < -0.3 is 40.3 Å². The highest BCUT2D eigenvalue weighted by molar-refractivity contribution is 5.76. The van der Waals surface area contributed by atoms with Crippen molar-refractivity contribution in [2.24, 2.45) is 0 Å². The SMILES string of the molecule is CCCCC/C=C\C/C=C\CCCCCCCC(=O)NC(COC1OC(CO)C(O)C(O)C1O)C(O)/C=C/CCCCCCCCCCCCCCCCCCCCCCCCCC. The van der Waals surface area contributed by atoms with E-state index < -0.39 is 49.5 Å². The molecule has 0 aromatic rings. The third kappa shape index (κ3) is 34.7. The summed E-state index contributed by atoms with van der Waals surface area (Å²) in [6.07, 6.45) is 50.6. The molecule has 376 valence electrons. The molecule has 0 saturated carbocycles. The molecule has 0 aromatic heterocycles. The lowest BCUT2D eigenvalue weighted by Gasteiger charge is -2.40. The van der Waals surface area contributed by atoms with Crippen LogP contribution < -0.4 is 5.32 Å². The van der Waals surface area contributed by atoms with Crippen molar-refractivity contribution in [2.45, 2.75) is 294 Å². The zero-order chi connectivity index (χ0) is 46.6. The molecule has 1 amide bonds. The Balaban J connectivity index is 2.24. The van der Waals surface area contributed by atoms with Gasteiger partial charge in [-0.2, -0.15) is 0 Å². The van der Waals surface area contributed by atoms with Crippen molar-refractivity contribution in [1.29, 1.82) is 0 Å². The van der Waals surface area contributed by atoms with Crippen LogP contribution in [-0.2, 0) is 14.3 Å². The summed E-state index contributed by atoms with van der Waals surface area (Å²) in [5, 5.41) is 54.4. The third-order valence-corrected chi connectivity index (χ3v) is 13.0. The molecule has 6 N–H and O–H groups in total. The van der Waals surface area contributed by atoms with Gasteiger partial charge in [0.25, 0.3) is 0 Å². The summed E-state index contributed by atoms with van der Waals surface area (Å²) < 4.78 is 11.2. The molecule has 0 aromatic carbocycles. The molecule has 9 heteroatoms. The molecule has 1 saturated heterocycles. The summed E-state index contributed by atoms with van der Waals surface area (Å²) in [7, 11) is 0. The number of hydrogen-bond donors (Lipinski definition) is 6. The number of aliphatic hydroxyl groups is 5. The zero-order valence-corrected chi connectivity index (χ0v) is 41.5. The van der Waals surface area contributed by atoms with Gasteiger partial charge in [0, 0.05) is 6.42 Å². The molecule has 64 heavy (non-hydrogen) atoms. The van der Waals surface area contributed by atoms with Crippen LogP contribution in [0.5, 0.6) is 0 Å². The summed E-state index contributed by atoms with van der Waals surface area (Å²) in [5.74, 6) is -0.189. The first-order chi connectivity index (χ1) is 31.3. The molecule has 1 aliphatic heterocycles. The van der Waals surface area contributed by atoms with E-state index in [4.69, 9.17) is 9.47 Å². The van der Waals surface area contributed by atoms with E-state index in [-0.39, 0.29) is 12.5 Å². The van der Waals surface area contributed by atoms with E-state index >= 15 is 0 Å². The van der Waals surface area contributed by atoms with E-state index in [0.717, 1.165) is 64.2 Å². The molecule has 0 bridgehead atoms. The highest BCUT2D eigenvalue weighted by Gasteiger charge is 2.44. The van der Waals surface area contributed by atoms with Gasteiger partial charge in [-0.1, -0.05) is 230 Å². The van der Waals surface area contributed by atoms with Gasteiger partial charge >= 0.3 is 0 Å². The molecule has 1 heterocycles. The average molecular weight is 906 g/mol. The highest BCUT2D eigenvalue weighted by Crippen LogP contribution is 2.23. The Morgan fingerprint density at radius 3 is 1.38 bits per heavy atom. The molecule has 1 rings (SSSR count). The van der Waals surface area contributed by atoms with Gasteiger partial charge in [0.1, 0.15) is 24.4 Å². The van der Waals surface area contributed by atoms with Crippen molar-refractivity contribution >= 4 is 5.91 Å². The monoisotopic (exact) mass is 906 g/mol.